The number of hydrogen-bond acceptors (Lipinski definition) is 8. The van der Waals surface area contributed by atoms with E-state index in [-0.39, 0.29) is 19.0 Å². The molecule has 0 aromatic heterocycles. The molecule has 0 saturated heterocycles. The lowest BCUT2D eigenvalue weighted by Gasteiger charge is -2.41. The van der Waals surface area contributed by atoms with Gasteiger partial charge in [0.05, 0.1) is 38.9 Å². The number of Topliss-reactive ketones (excluding diaryl/α,β-unsaturated/α-hetero) is 1. The van der Waals surface area contributed by atoms with E-state index < -0.39 is 35.6 Å². The minimum Gasteiger partial charge on any atom is -0.497 e. The van der Waals surface area contributed by atoms with Gasteiger partial charge >= 0.3 is 11.9 Å². The molecule has 1 aliphatic carbocycles. The van der Waals surface area contributed by atoms with E-state index in [4.69, 9.17) is 23.9 Å². The number of ether oxygens (including phenoxy) is 4. The third-order valence-corrected chi connectivity index (χ3v) is 7.16. The van der Waals surface area contributed by atoms with Gasteiger partial charge in [0.2, 0.25) is 0 Å². The van der Waals surface area contributed by atoms with Crippen molar-refractivity contribution >= 4 is 23.4 Å². The second-order valence-corrected chi connectivity index (χ2v) is 9.27. The molecule has 0 bridgehead atoms. The van der Waals surface area contributed by atoms with Gasteiger partial charge in [-0.3, -0.25) is 14.6 Å². The molecule has 0 N–H and O–H groups in total. The Hall–Kier alpha value is -3.94. The first kappa shape index (κ1) is 27.1. The molecule has 1 heterocycles. The summed E-state index contributed by atoms with van der Waals surface area (Å²) in [6, 6.07) is 14.6. The fourth-order valence-electron chi connectivity index (χ4n) is 5.54. The topological polar surface area (TPSA) is 100 Å². The second-order valence-electron chi connectivity index (χ2n) is 9.27. The Morgan fingerprint density at radius 3 is 2.11 bits per heavy atom. The summed E-state index contributed by atoms with van der Waals surface area (Å²) >= 11 is 0. The summed E-state index contributed by atoms with van der Waals surface area (Å²) in [5.74, 6) is -3.31. The maximum atomic E-state index is 14.4. The largest absolute Gasteiger partial charge is 0.497 e. The van der Waals surface area contributed by atoms with Crippen LogP contribution in [0.25, 0.3) is 0 Å². The molecule has 200 valence electrons. The number of rotatable bonds is 8. The van der Waals surface area contributed by atoms with Gasteiger partial charge in [-0.2, -0.15) is 0 Å². The highest BCUT2D eigenvalue weighted by molar-refractivity contribution is 6.17. The van der Waals surface area contributed by atoms with Crippen LogP contribution in [0.5, 0.6) is 11.5 Å². The van der Waals surface area contributed by atoms with Gasteiger partial charge in [0, 0.05) is 23.2 Å². The summed E-state index contributed by atoms with van der Waals surface area (Å²) in [5.41, 5.74) is 2.92. The summed E-state index contributed by atoms with van der Waals surface area (Å²) in [4.78, 5) is 45.7. The number of carbonyl (C=O) groups excluding carboxylic acids is 3. The van der Waals surface area contributed by atoms with Crippen LogP contribution in [0, 0.1) is 11.8 Å². The highest BCUT2D eigenvalue weighted by Gasteiger charge is 2.53. The van der Waals surface area contributed by atoms with Crippen LogP contribution in [0.1, 0.15) is 50.2 Å². The van der Waals surface area contributed by atoms with E-state index in [1.165, 1.54) is 0 Å². The standard InChI is InChI=1S/C30H33NO7/c1-6-37-29(33)24-17(3)31-23-16-22(18-10-8-12-20(14-18)35-4)26(30(34)38-7-2)28(32)27(23)25(24)19-11-9-13-21(15-19)36-5/h8-15,22,25-27H,6-7,16H2,1-5H3/t22-,25-,26-,27?/m1/s1. The quantitative estimate of drug-likeness (QED) is 0.370. The zero-order chi connectivity index (χ0) is 27.4. The van der Waals surface area contributed by atoms with Crippen molar-refractivity contribution in [2.24, 2.45) is 16.8 Å². The predicted octanol–water partition coefficient (Wildman–Crippen LogP) is 4.63. The third kappa shape index (κ3) is 5.08. The van der Waals surface area contributed by atoms with Gasteiger partial charge in [0.15, 0.2) is 5.78 Å². The number of hydrogen-bond donors (Lipinski definition) is 0. The van der Waals surface area contributed by atoms with Crippen LogP contribution in [0.2, 0.25) is 0 Å². The first-order valence-corrected chi connectivity index (χ1v) is 12.8. The Morgan fingerprint density at radius 1 is 0.895 bits per heavy atom. The maximum absolute atomic E-state index is 14.4. The maximum Gasteiger partial charge on any atom is 0.336 e. The van der Waals surface area contributed by atoms with Crippen molar-refractivity contribution < 1.29 is 33.3 Å². The van der Waals surface area contributed by atoms with Crippen molar-refractivity contribution in [3.05, 3.63) is 70.9 Å². The summed E-state index contributed by atoms with van der Waals surface area (Å²) in [7, 11) is 3.13. The average Bonchev–Trinajstić information content (AvgIpc) is 2.92. The first-order valence-electron chi connectivity index (χ1n) is 12.8. The number of benzene rings is 2. The van der Waals surface area contributed by atoms with Crippen LogP contribution in [0.3, 0.4) is 0 Å². The summed E-state index contributed by atoms with van der Waals surface area (Å²) in [6.45, 7) is 5.52. The van der Waals surface area contributed by atoms with Gasteiger partial charge in [-0.05, 0) is 62.6 Å². The number of aliphatic imine (C=N–C) groups is 1. The molecule has 4 atom stereocenters. The van der Waals surface area contributed by atoms with Crippen molar-refractivity contribution in [3.8, 4) is 11.5 Å². The van der Waals surface area contributed by atoms with Gasteiger partial charge in [-0.15, -0.1) is 0 Å². The van der Waals surface area contributed by atoms with Gasteiger partial charge in [0.1, 0.15) is 17.4 Å². The van der Waals surface area contributed by atoms with E-state index >= 15 is 0 Å². The molecular formula is C30H33NO7. The van der Waals surface area contributed by atoms with E-state index in [1.54, 1.807) is 47.1 Å². The van der Waals surface area contributed by atoms with Crippen molar-refractivity contribution in [1.29, 1.82) is 0 Å². The van der Waals surface area contributed by atoms with Crippen LogP contribution >= 0.6 is 0 Å². The molecule has 8 nitrogen and oxygen atoms in total. The van der Waals surface area contributed by atoms with Crippen molar-refractivity contribution in [2.45, 2.75) is 39.0 Å². The Kier molecular flexibility index (Phi) is 8.29. The summed E-state index contributed by atoms with van der Waals surface area (Å²) in [6.07, 6.45) is 0.348. The molecule has 2 aliphatic rings. The Labute approximate surface area is 222 Å². The zero-order valence-corrected chi connectivity index (χ0v) is 22.4. The molecule has 1 fully saturated rings. The summed E-state index contributed by atoms with van der Waals surface area (Å²) < 4.78 is 21.6. The van der Waals surface area contributed by atoms with Crippen molar-refractivity contribution in [1.82, 2.24) is 0 Å². The number of nitrogens with zero attached hydrogens (tertiary/aromatic N) is 1. The van der Waals surface area contributed by atoms with E-state index in [9.17, 15) is 14.4 Å². The number of methoxy groups -OCH3 is 2. The van der Waals surface area contributed by atoms with Gasteiger partial charge < -0.3 is 18.9 Å². The van der Waals surface area contributed by atoms with E-state index in [0.29, 0.717) is 40.5 Å². The van der Waals surface area contributed by atoms with Crippen molar-refractivity contribution in [2.75, 3.05) is 27.4 Å². The number of esters is 2. The van der Waals surface area contributed by atoms with E-state index in [0.717, 1.165) is 5.56 Å². The normalized spacial score (nSPS) is 22.8. The zero-order valence-electron chi connectivity index (χ0n) is 22.4. The molecule has 1 unspecified atom stereocenters. The fourth-order valence-corrected chi connectivity index (χ4v) is 5.54. The Morgan fingerprint density at radius 2 is 1.50 bits per heavy atom. The first-order chi connectivity index (χ1) is 18.3. The molecule has 38 heavy (non-hydrogen) atoms. The van der Waals surface area contributed by atoms with Gasteiger partial charge in [0.25, 0.3) is 0 Å². The molecule has 1 saturated carbocycles. The highest BCUT2D eigenvalue weighted by Crippen LogP contribution is 2.49. The minimum absolute atomic E-state index is 0.144. The summed E-state index contributed by atoms with van der Waals surface area (Å²) in [5, 5.41) is 0. The van der Waals surface area contributed by atoms with Crippen molar-refractivity contribution in [3.63, 3.8) is 0 Å². The van der Waals surface area contributed by atoms with Crippen LogP contribution < -0.4 is 9.47 Å². The lowest BCUT2D eigenvalue weighted by Crippen LogP contribution is -2.48. The van der Waals surface area contributed by atoms with Crippen LogP contribution in [0.4, 0.5) is 0 Å². The van der Waals surface area contributed by atoms with Crippen LogP contribution in [-0.2, 0) is 23.9 Å². The fraction of sp³-hybridized carbons (Fsp3) is 0.400. The minimum atomic E-state index is -1.07. The molecule has 2 aromatic carbocycles. The molecule has 4 rings (SSSR count). The van der Waals surface area contributed by atoms with Crippen LogP contribution in [0.15, 0.2) is 64.8 Å². The molecule has 8 heteroatoms. The molecule has 2 aromatic rings. The molecular weight excluding hydrogens is 486 g/mol. The monoisotopic (exact) mass is 519 g/mol. The second kappa shape index (κ2) is 11.6. The number of carbonyl (C=O) groups is 3. The average molecular weight is 520 g/mol. The predicted molar refractivity (Wildman–Crippen MR) is 141 cm³/mol. The molecule has 0 amide bonds. The smallest absolute Gasteiger partial charge is 0.336 e. The highest BCUT2D eigenvalue weighted by atomic mass is 16.5. The Balaban J connectivity index is 1.90. The number of fused-ring (bicyclic) bond motifs is 1. The van der Waals surface area contributed by atoms with Gasteiger partial charge in [-0.25, -0.2) is 4.79 Å². The number of allylic oxidation sites excluding steroid dienone is 1. The molecule has 1 aliphatic heterocycles. The molecule has 0 radical (unpaired) electrons. The SMILES string of the molecule is CCOC(=O)C1=C(C)N=C2C[C@H](c3cccc(OC)c3)[C@@H](C(=O)OCC)C(=O)C2[C@@H]1c1cccc(OC)c1. The molecule has 0 spiro atoms. The Bertz CT molecular complexity index is 1300. The lowest BCUT2D eigenvalue weighted by molar-refractivity contribution is -0.153. The van der Waals surface area contributed by atoms with E-state index in [1.807, 2.05) is 36.4 Å². The number of ketones is 1. The van der Waals surface area contributed by atoms with Crippen LogP contribution in [-0.4, -0.2) is 50.9 Å². The van der Waals surface area contributed by atoms with E-state index in [2.05, 4.69) is 0 Å². The lowest BCUT2D eigenvalue weighted by atomic mass is 9.62. The van der Waals surface area contributed by atoms with Gasteiger partial charge in [-0.1, -0.05) is 24.3 Å². The third-order valence-electron chi connectivity index (χ3n) is 7.16.